The minimum Gasteiger partial charge on any atom is -0.350 e. The fourth-order valence-electron chi connectivity index (χ4n) is 1.57. The first kappa shape index (κ1) is 13.0. The Morgan fingerprint density at radius 1 is 1.47 bits per heavy atom. The van der Waals surface area contributed by atoms with E-state index < -0.39 is 0 Å². The maximum atomic E-state index is 11.9. The number of H-pyrrole nitrogens is 1. The van der Waals surface area contributed by atoms with Gasteiger partial charge in [-0.2, -0.15) is 0 Å². The predicted molar refractivity (Wildman–Crippen MR) is 69.2 cm³/mol. The van der Waals surface area contributed by atoms with Crippen LogP contribution in [0.2, 0.25) is 0 Å². The van der Waals surface area contributed by atoms with Gasteiger partial charge < -0.3 is 10.3 Å². The Hall–Kier alpha value is -2.48. The number of aryl methyl sites for hydroxylation is 1. The summed E-state index contributed by atoms with van der Waals surface area (Å²) in [5.41, 5.74) is 3.27. The summed E-state index contributed by atoms with van der Waals surface area (Å²) < 4.78 is 0. The van der Waals surface area contributed by atoms with Gasteiger partial charge in [0.15, 0.2) is 0 Å². The molecule has 5 N–H and O–H groups in total. The number of nitrogen functional groups attached to an aromatic ring is 1. The third kappa shape index (κ3) is 3.49. The molecule has 19 heavy (non-hydrogen) atoms. The van der Waals surface area contributed by atoms with Crippen molar-refractivity contribution < 1.29 is 4.79 Å². The van der Waals surface area contributed by atoms with Crippen LogP contribution in [-0.4, -0.2) is 32.4 Å². The van der Waals surface area contributed by atoms with Crippen LogP contribution in [0.25, 0.3) is 0 Å². The standard InChI is InChI=1S/C11H15N7O/c1-7-6-8(17-11(16-7)18-12)10(19)15-3-2-9-13-4-5-14-9/h4-6H,2-3,12H2,1H3,(H,13,14)(H,15,19)(H,16,17,18). The number of amides is 1. The van der Waals surface area contributed by atoms with E-state index in [9.17, 15) is 4.79 Å². The van der Waals surface area contributed by atoms with Gasteiger partial charge in [0.25, 0.3) is 5.91 Å². The summed E-state index contributed by atoms with van der Waals surface area (Å²) in [5, 5.41) is 2.76. The van der Waals surface area contributed by atoms with E-state index in [4.69, 9.17) is 5.84 Å². The average molecular weight is 261 g/mol. The Bertz CT molecular complexity index is 552. The third-order valence-corrected chi connectivity index (χ3v) is 2.42. The number of aromatic amines is 1. The van der Waals surface area contributed by atoms with E-state index in [-0.39, 0.29) is 17.5 Å². The van der Waals surface area contributed by atoms with Crippen molar-refractivity contribution in [2.45, 2.75) is 13.3 Å². The molecule has 2 aromatic rings. The molecular formula is C11H15N7O. The van der Waals surface area contributed by atoms with Crippen LogP contribution in [0.5, 0.6) is 0 Å². The lowest BCUT2D eigenvalue weighted by molar-refractivity contribution is 0.0949. The molecule has 0 aliphatic heterocycles. The minimum atomic E-state index is -0.270. The summed E-state index contributed by atoms with van der Waals surface area (Å²) in [6, 6.07) is 1.60. The maximum Gasteiger partial charge on any atom is 0.270 e. The largest absolute Gasteiger partial charge is 0.350 e. The lowest BCUT2D eigenvalue weighted by Crippen LogP contribution is -2.27. The van der Waals surface area contributed by atoms with Crippen LogP contribution in [0, 0.1) is 6.92 Å². The van der Waals surface area contributed by atoms with E-state index in [0.717, 1.165) is 5.82 Å². The van der Waals surface area contributed by atoms with E-state index >= 15 is 0 Å². The Morgan fingerprint density at radius 3 is 3.00 bits per heavy atom. The number of nitrogens with one attached hydrogen (secondary N) is 3. The Morgan fingerprint density at radius 2 is 2.32 bits per heavy atom. The highest BCUT2D eigenvalue weighted by Gasteiger charge is 2.09. The molecule has 0 fully saturated rings. The molecule has 8 nitrogen and oxygen atoms in total. The van der Waals surface area contributed by atoms with Crippen LogP contribution in [0.1, 0.15) is 22.0 Å². The second-order valence-electron chi connectivity index (χ2n) is 3.90. The van der Waals surface area contributed by atoms with Gasteiger partial charge in [0.1, 0.15) is 11.5 Å². The Labute approximate surface area is 109 Å². The minimum absolute atomic E-state index is 0.219. The number of hydrogen-bond donors (Lipinski definition) is 4. The van der Waals surface area contributed by atoms with Crippen LogP contribution >= 0.6 is 0 Å². The van der Waals surface area contributed by atoms with Gasteiger partial charge in [0, 0.05) is 31.1 Å². The summed E-state index contributed by atoms with van der Waals surface area (Å²) >= 11 is 0. The van der Waals surface area contributed by atoms with Crippen molar-refractivity contribution in [2.75, 3.05) is 12.0 Å². The summed E-state index contributed by atoms with van der Waals surface area (Å²) in [4.78, 5) is 26.9. The van der Waals surface area contributed by atoms with Crippen LogP contribution < -0.4 is 16.6 Å². The summed E-state index contributed by atoms with van der Waals surface area (Å²) in [6.45, 7) is 2.24. The highest BCUT2D eigenvalue weighted by molar-refractivity contribution is 5.92. The average Bonchev–Trinajstić information content (AvgIpc) is 2.91. The van der Waals surface area contributed by atoms with Crippen molar-refractivity contribution in [2.24, 2.45) is 5.84 Å². The first-order chi connectivity index (χ1) is 9.19. The van der Waals surface area contributed by atoms with E-state index in [1.807, 2.05) is 0 Å². The number of carbonyl (C=O) groups excluding carboxylic acids is 1. The molecule has 0 aliphatic rings. The number of nitrogens with zero attached hydrogens (tertiary/aromatic N) is 3. The lowest BCUT2D eigenvalue weighted by Gasteiger charge is -2.06. The van der Waals surface area contributed by atoms with Crippen molar-refractivity contribution in [1.82, 2.24) is 25.3 Å². The molecule has 2 rings (SSSR count). The lowest BCUT2D eigenvalue weighted by atomic mass is 10.3. The first-order valence-corrected chi connectivity index (χ1v) is 5.78. The molecule has 0 unspecified atom stereocenters. The van der Waals surface area contributed by atoms with Gasteiger partial charge in [-0.25, -0.2) is 20.8 Å². The zero-order valence-electron chi connectivity index (χ0n) is 10.5. The van der Waals surface area contributed by atoms with E-state index in [2.05, 4.69) is 30.7 Å². The van der Waals surface area contributed by atoms with Gasteiger partial charge in [-0.15, -0.1) is 0 Å². The van der Waals surface area contributed by atoms with Gasteiger partial charge in [0.05, 0.1) is 0 Å². The van der Waals surface area contributed by atoms with Gasteiger partial charge in [-0.05, 0) is 13.0 Å². The molecule has 1 amide bonds. The topological polar surface area (TPSA) is 122 Å². The highest BCUT2D eigenvalue weighted by Crippen LogP contribution is 2.03. The quantitative estimate of drug-likeness (QED) is 0.435. The molecule has 0 atom stereocenters. The third-order valence-electron chi connectivity index (χ3n) is 2.42. The highest BCUT2D eigenvalue weighted by atomic mass is 16.1. The van der Waals surface area contributed by atoms with E-state index in [0.29, 0.717) is 18.7 Å². The number of imidazole rings is 1. The molecular weight excluding hydrogens is 246 g/mol. The second kappa shape index (κ2) is 5.91. The van der Waals surface area contributed by atoms with E-state index in [1.165, 1.54) is 0 Å². The molecule has 2 heterocycles. The van der Waals surface area contributed by atoms with Crippen LogP contribution in [-0.2, 0) is 6.42 Å². The molecule has 2 aromatic heterocycles. The summed E-state index contributed by atoms with van der Waals surface area (Å²) in [6.07, 6.45) is 4.04. The van der Waals surface area contributed by atoms with Crippen molar-refractivity contribution in [3.8, 4) is 0 Å². The predicted octanol–water partition coefficient (Wildman–Crippen LogP) is -0.234. The van der Waals surface area contributed by atoms with Crippen LogP contribution in [0.3, 0.4) is 0 Å². The number of hydrazine groups is 1. The van der Waals surface area contributed by atoms with Crippen molar-refractivity contribution >= 4 is 11.9 Å². The Balaban J connectivity index is 1.94. The molecule has 0 aliphatic carbocycles. The Kier molecular flexibility index (Phi) is 4.04. The molecule has 0 bridgehead atoms. The van der Waals surface area contributed by atoms with Gasteiger partial charge in [0.2, 0.25) is 5.95 Å². The normalized spacial score (nSPS) is 10.2. The summed E-state index contributed by atoms with van der Waals surface area (Å²) in [5.74, 6) is 6.00. The van der Waals surface area contributed by atoms with E-state index in [1.54, 1.807) is 25.4 Å². The number of hydrogen-bond acceptors (Lipinski definition) is 6. The maximum absolute atomic E-state index is 11.9. The fraction of sp³-hybridized carbons (Fsp3) is 0.273. The first-order valence-electron chi connectivity index (χ1n) is 5.78. The molecule has 0 saturated carbocycles. The van der Waals surface area contributed by atoms with Gasteiger partial charge in [-0.1, -0.05) is 0 Å². The van der Waals surface area contributed by atoms with Crippen molar-refractivity contribution in [3.63, 3.8) is 0 Å². The number of anilines is 1. The smallest absolute Gasteiger partial charge is 0.270 e. The molecule has 8 heteroatoms. The molecule has 0 radical (unpaired) electrons. The van der Waals surface area contributed by atoms with Gasteiger partial charge >= 0.3 is 0 Å². The zero-order valence-corrected chi connectivity index (χ0v) is 10.5. The number of aromatic nitrogens is 4. The number of carbonyl (C=O) groups is 1. The second-order valence-corrected chi connectivity index (χ2v) is 3.90. The number of rotatable bonds is 5. The number of nitrogens with two attached hydrogens (primary N) is 1. The SMILES string of the molecule is Cc1cc(C(=O)NCCc2ncc[nH]2)nc(NN)n1. The van der Waals surface area contributed by atoms with Crippen LogP contribution in [0.4, 0.5) is 5.95 Å². The fourth-order valence-corrected chi connectivity index (χ4v) is 1.57. The molecule has 0 saturated heterocycles. The summed E-state index contributed by atoms with van der Waals surface area (Å²) in [7, 11) is 0. The van der Waals surface area contributed by atoms with Gasteiger partial charge in [-0.3, -0.25) is 10.2 Å². The monoisotopic (exact) mass is 261 g/mol. The van der Waals surface area contributed by atoms with Crippen LogP contribution in [0.15, 0.2) is 18.5 Å². The molecule has 100 valence electrons. The van der Waals surface area contributed by atoms with Crippen molar-refractivity contribution in [3.05, 3.63) is 35.7 Å². The van der Waals surface area contributed by atoms with Crippen molar-refractivity contribution in [1.29, 1.82) is 0 Å². The molecule has 0 aromatic carbocycles. The zero-order chi connectivity index (χ0) is 13.7. The molecule has 0 spiro atoms.